The summed E-state index contributed by atoms with van der Waals surface area (Å²) in [6, 6.07) is 3.86. The molecule has 1 aromatic rings. The molecule has 2 unspecified atom stereocenters. The second kappa shape index (κ2) is 7.30. The average molecular weight is 312 g/mol. The molecule has 0 amide bonds. The number of hydrogen-bond acceptors (Lipinski definition) is 6. The highest BCUT2D eigenvalue weighted by Crippen LogP contribution is 2.25. The number of hydrogen-bond donors (Lipinski definition) is 2. The van der Waals surface area contributed by atoms with E-state index < -0.39 is 30.1 Å². The molecule has 8 heteroatoms. The van der Waals surface area contributed by atoms with Crippen molar-refractivity contribution in [3.63, 3.8) is 0 Å². The Bertz CT molecular complexity index is 540. The zero-order valence-corrected chi connectivity index (χ0v) is 12.2. The third-order valence-corrected chi connectivity index (χ3v) is 2.62. The minimum atomic E-state index is -1.19. The largest absolute Gasteiger partial charge is 0.479 e. The second-order valence-corrected chi connectivity index (χ2v) is 4.38. The van der Waals surface area contributed by atoms with Gasteiger partial charge in [-0.3, -0.25) is 0 Å². The maximum Gasteiger partial charge on any atom is 0.344 e. The van der Waals surface area contributed by atoms with Crippen LogP contribution in [0, 0.1) is 0 Å². The summed E-state index contributed by atoms with van der Waals surface area (Å²) in [7, 11) is 1.18. The van der Waals surface area contributed by atoms with Crippen molar-refractivity contribution in [1.82, 2.24) is 0 Å². The molecule has 0 heterocycles. The highest BCUT2D eigenvalue weighted by atomic mass is 16.5. The molecule has 22 heavy (non-hydrogen) atoms. The number of esters is 1. The Morgan fingerprint density at radius 1 is 0.909 bits per heavy atom. The van der Waals surface area contributed by atoms with Crippen LogP contribution in [0.4, 0.5) is 0 Å². The molecule has 0 aliphatic carbocycles. The van der Waals surface area contributed by atoms with E-state index in [-0.39, 0.29) is 17.1 Å². The monoisotopic (exact) mass is 312 g/mol. The summed E-state index contributed by atoms with van der Waals surface area (Å²) < 4.78 is 14.9. The molecular weight excluding hydrogens is 296 g/mol. The summed E-state index contributed by atoms with van der Waals surface area (Å²) in [6.07, 6.45) is -2.31. The third-order valence-electron chi connectivity index (χ3n) is 2.62. The van der Waals surface area contributed by atoms with Crippen LogP contribution >= 0.6 is 0 Å². The number of ether oxygens (including phenoxy) is 3. The molecule has 0 fully saturated rings. The lowest BCUT2D eigenvalue weighted by atomic mass is 10.2. The topological polar surface area (TPSA) is 119 Å². The molecule has 0 saturated carbocycles. The minimum absolute atomic E-state index is 0.0465. The molecule has 0 radical (unpaired) electrons. The van der Waals surface area contributed by atoms with Crippen LogP contribution in [0.15, 0.2) is 18.2 Å². The SMILES string of the molecule is COC(=O)c1cc(OC(C)C(=O)O)cc(OC(C)C(=O)O)c1. The molecule has 2 N–H and O–H groups in total. The van der Waals surface area contributed by atoms with Crippen LogP contribution < -0.4 is 9.47 Å². The van der Waals surface area contributed by atoms with Gasteiger partial charge in [0.05, 0.1) is 12.7 Å². The van der Waals surface area contributed by atoms with Gasteiger partial charge in [0.25, 0.3) is 0 Å². The quantitative estimate of drug-likeness (QED) is 0.720. The Hall–Kier alpha value is -2.77. The van der Waals surface area contributed by atoms with Crippen molar-refractivity contribution in [2.45, 2.75) is 26.1 Å². The maximum atomic E-state index is 11.6. The first-order valence-corrected chi connectivity index (χ1v) is 6.27. The number of carboxylic acid groups (broad SMARTS) is 2. The zero-order valence-electron chi connectivity index (χ0n) is 12.2. The summed E-state index contributed by atoms with van der Waals surface area (Å²) in [6.45, 7) is 2.63. The lowest BCUT2D eigenvalue weighted by Crippen LogP contribution is -2.24. The summed E-state index contributed by atoms with van der Waals surface area (Å²) >= 11 is 0. The Morgan fingerprint density at radius 3 is 1.64 bits per heavy atom. The standard InChI is InChI=1S/C14H16O8/c1-7(12(15)16)21-10-4-9(14(19)20-3)5-11(6-10)22-8(2)13(17)18/h4-8H,1-3H3,(H,15,16)(H,17,18). The Morgan fingerprint density at radius 2 is 1.32 bits per heavy atom. The van der Waals surface area contributed by atoms with Gasteiger partial charge in [-0.05, 0) is 26.0 Å². The van der Waals surface area contributed by atoms with Crippen LogP contribution in [0.2, 0.25) is 0 Å². The van der Waals surface area contributed by atoms with Crippen LogP contribution in [-0.4, -0.2) is 47.4 Å². The molecule has 0 bridgehead atoms. The molecular formula is C14H16O8. The van der Waals surface area contributed by atoms with Crippen LogP contribution in [0.3, 0.4) is 0 Å². The molecule has 0 saturated heterocycles. The van der Waals surface area contributed by atoms with Gasteiger partial charge in [0.15, 0.2) is 12.2 Å². The molecule has 1 rings (SSSR count). The Labute approximate surface area is 126 Å². The molecule has 1 aromatic carbocycles. The Kier molecular flexibility index (Phi) is 5.73. The van der Waals surface area contributed by atoms with Gasteiger partial charge in [-0.2, -0.15) is 0 Å². The smallest absolute Gasteiger partial charge is 0.344 e. The van der Waals surface area contributed by atoms with Gasteiger partial charge in [0.2, 0.25) is 0 Å². The Balaban J connectivity index is 3.12. The highest BCUT2D eigenvalue weighted by molar-refractivity contribution is 5.90. The summed E-state index contributed by atoms with van der Waals surface area (Å²) in [5, 5.41) is 17.7. The molecule has 2 atom stereocenters. The van der Waals surface area contributed by atoms with E-state index in [1.54, 1.807) is 0 Å². The normalized spacial score (nSPS) is 12.9. The average Bonchev–Trinajstić information content (AvgIpc) is 2.45. The van der Waals surface area contributed by atoms with E-state index in [4.69, 9.17) is 19.7 Å². The second-order valence-electron chi connectivity index (χ2n) is 4.38. The van der Waals surface area contributed by atoms with Crippen LogP contribution in [0.5, 0.6) is 11.5 Å². The van der Waals surface area contributed by atoms with Crippen molar-refractivity contribution in [3.8, 4) is 11.5 Å². The maximum absolute atomic E-state index is 11.6. The van der Waals surface area contributed by atoms with Crippen molar-refractivity contribution < 1.29 is 38.8 Å². The van der Waals surface area contributed by atoms with E-state index in [2.05, 4.69) is 4.74 Å². The molecule has 0 aromatic heterocycles. The number of carbonyl (C=O) groups is 3. The summed E-state index contributed by atoms with van der Waals surface area (Å²) in [5.74, 6) is -2.98. The fraction of sp³-hybridized carbons (Fsp3) is 0.357. The first-order chi connectivity index (χ1) is 10.2. The lowest BCUT2D eigenvalue weighted by Gasteiger charge is -2.15. The van der Waals surface area contributed by atoms with Gasteiger partial charge < -0.3 is 24.4 Å². The number of aliphatic carboxylic acids is 2. The van der Waals surface area contributed by atoms with E-state index in [0.717, 1.165) is 0 Å². The zero-order chi connectivity index (χ0) is 16.9. The highest BCUT2D eigenvalue weighted by Gasteiger charge is 2.18. The predicted octanol–water partition coefficient (Wildman–Crippen LogP) is 1.18. The van der Waals surface area contributed by atoms with Gasteiger partial charge in [-0.15, -0.1) is 0 Å². The summed E-state index contributed by atoms with van der Waals surface area (Å²) in [5.41, 5.74) is 0.0465. The fourth-order valence-electron chi connectivity index (χ4n) is 1.45. The first kappa shape index (κ1) is 17.3. The van der Waals surface area contributed by atoms with Crippen LogP contribution in [0.1, 0.15) is 24.2 Å². The van der Waals surface area contributed by atoms with Crippen molar-refractivity contribution >= 4 is 17.9 Å². The number of carboxylic acids is 2. The van der Waals surface area contributed by atoms with Gasteiger partial charge in [-0.1, -0.05) is 0 Å². The van der Waals surface area contributed by atoms with Gasteiger partial charge in [0, 0.05) is 6.07 Å². The van der Waals surface area contributed by atoms with E-state index in [1.807, 2.05) is 0 Å². The molecule has 0 aliphatic rings. The van der Waals surface area contributed by atoms with Crippen LogP contribution in [-0.2, 0) is 14.3 Å². The van der Waals surface area contributed by atoms with Gasteiger partial charge >= 0.3 is 17.9 Å². The number of rotatable bonds is 7. The van der Waals surface area contributed by atoms with Crippen LogP contribution in [0.25, 0.3) is 0 Å². The molecule has 0 aliphatic heterocycles. The van der Waals surface area contributed by atoms with E-state index in [1.165, 1.54) is 39.2 Å². The summed E-state index contributed by atoms with van der Waals surface area (Å²) in [4.78, 5) is 33.2. The first-order valence-electron chi connectivity index (χ1n) is 6.27. The van der Waals surface area contributed by atoms with Crippen molar-refractivity contribution in [2.24, 2.45) is 0 Å². The van der Waals surface area contributed by atoms with Gasteiger partial charge in [0.1, 0.15) is 11.5 Å². The van der Waals surface area contributed by atoms with Gasteiger partial charge in [-0.25, -0.2) is 14.4 Å². The van der Waals surface area contributed by atoms with E-state index >= 15 is 0 Å². The van der Waals surface area contributed by atoms with E-state index in [0.29, 0.717) is 0 Å². The fourth-order valence-corrected chi connectivity index (χ4v) is 1.45. The number of methoxy groups -OCH3 is 1. The molecule has 8 nitrogen and oxygen atoms in total. The molecule has 0 spiro atoms. The lowest BCUT2D eigenvalue weighted by molar-refractivity contribution is -0.144. The van der Waals surface area contributed by atoms with Crippen molar-refractivity contribution in [1.29, 1.82) is 0 Å². The predicted molar refractivity (Wildman–Crippen MR) is 73.2 cm³/mol. The number of benzene rings is 1. The molecule has 120 valence electrons. The third kappa shape index (κ3) is 4.65. The van der Waals surface area contributed by atoms with Crippen molar-refractivity contribution in [3.05, 3.63) is 23.8 Å². The van der Waals surface area contributed by atoms with Crippen molar-refractivity contribution in [2.75, 3.05) is 7.11 Å². The number of carbonyl (C=O) groups excluding carboxylic acids is 1. The van der Waals surface area contributed by atoms with E-state index in [9.17, 15) is 14.4 Å². The minimum Gasteiger partial charge on any atom is -0.479 e.